The van der Waals surface area contributed by atoms with Gasteiger partial charge in [0, 0.05) is 5.39 Å². The molecule has 0 aliphatic carbocycles. The van der Waals surface area contributed by atoms with Crippen molar-refractivity contribution < 1.29 is 18.7 Å². The topological polar surface area (TPSA) is 73.1 Å². The van der Waals surface area contributed by atoms with Crippen LogP contribution in [0.4, 0.5) is 0 Å². The minimum Gasteiger partial charge on any atom is -0.493 e. The normalized spacial score (nSPS) is 11.4. The van der Waals surface area contributed by atoms with E-state index in [2.05, 4.69) is 10.5 Å². The van der Waals surface area contributed by atoms with E-state index in [4.69, 9.17) is 13.9 Å². The monoisotopic (exact) mass is 352 g/mol. The maximum absolute atomic E-state index is 11.9. The molecule has 0 atom stereocenters. The molecule has 1 amide bonds. The van der Waals surface area contributed by atoms with Gasteiger partial charge in [0.15, 0.2) is 23.7 Å². The summed E-state index contributed by atoms with van der Waals surface area (Å²) in [6, 6.07) is 15.0. The molecule has 0 fully saturated rings. The number of hydrazone groups is 1. The van der Waals surface area contributed by atoms with Crippen LogP contribution in [0.2, 0.25) is 0 Å². The molecular weight excluding hydrogens is 332 g/mol. The van der Waals surface area contributed by atoms with E-state index in [1.807, 2.05) is 49.4 Å². The third kappa shape index (κ3) is 4.03. The van der Waals surface area contributed by atoms with E-state index in [1.165, 1.54) is 0 Å². The lowest BCUT2D eigenvalue weighted by atomic mass is 10.2. The van der Waals surface area contributed by atoms with E-state index < -0.39 is 0 Å². The predicted octanol–water partition coefficient (Wildman–Crippen LogP) is 3.67. The summed E-state index contributed by atoms with van der Waals surface area (Å²) >= 11 is 0. The number of nitrogens with one attached hydrogen (secondary N) is 1. The van der Waals surface area contributed by atoms with Crippen molar-refractivity contribution in [1.82, 2.24) is 5.43 Å². The van der Waals surface area contributed by atoms with E-state index in [0.29, 0.717) is 28.6 Å². The first-order chi connectivity index (χ1) is 12.6. The molecule has 26 heavy (non-hydrogen) atoms. The smallest absolute Gasteiger partial charge is 0.277 e. The third-order valence-corrected chi connectivity index (χ3v) is 3.79. The van der Waals surface area contributed by atoms with E-state index in [-0.39, 0.29) is 12.5 Å². The Labute approximate surface area is 151 Å². The van der Waals surface area contributed by atoms with Crippen LogP contribution in [-0.4, -0.2) is 25.3 Å². The molecule has 3 rings (SSSR count). The fraction of sp³-hybridized carbons (Fsp3) is 0.200. The average molecular weight is 352 g/mol. The molecule has 1 aromatic heterocycles. The summed E-state index contributed by atoms with van der Waals surface area (Å²) in [5.74, 6) is 1.51. The van der Waals surface area contributed by atoms with Gasteiger partial charge in [-0.1, -0.05) is 24.3 Å². The summed E-state index contributed by atoms with van der Waals surface area (Å²) < 4.78 is 16.5. The van der Waals surface area contributed by atoms with Crippen molar-refractivity contribution in [2.24, 2.45) is 5.10 Å². The SMILES string of the molecule is COc1cccc2cc(/C(C)=N\NC(=O)COc3cccc(C)c3)oc12. The number of methoxy groups -OCH3 is 1. The largest absolute Gasteiger partial charge is 0.493 e. The van der Waals surface area contributed by atoms with Gasteiger partial charge in [-0.3, -0.25) is 4.79 Å². The molecule has 3 aromatic rings. The number of furan rings is 1. The van der Waals surface area contributed by atoms with Crippen molar-refractivity contribution in [2.45, 2.75) is 13.8 Å². The Hall–Kier alpha value is -3.28. The second kappa shape index (κ2) is 7.74. The molecule has 0 radical (unpaired) electrons. The summed E-state index contributed by atoms with van der Waals surface area (Å²) in [5, 5.41) is 4.98. The number of aryl methyl sites for hydroxylation is 1. The third-order valence-electron chi connectivity index (χ3n) is 3.79. The van der Waals surface area contributed by atoms with Crippen LogP contribution in [0.3, 0.4) is 0 Å². The van der Waals surface area contributed by atoms with Crippen molar-refractivity contribution in [2.75, 3.05) is 13.7 Å². The number of hydrogen-bond acceptors (Lipinski definition) is 5. The van der Waals surface area contributed by atoms with Gasteiger partial charge in [0.25, 0.3) is 5.91 Å². The molecule has 134 valence electrons. The maximum atomic E-state index is 11.9. The molecule has 6 heteroatoms. The highest BCUT2D eigenvalue weighted by atomic mass is 16.5. The lowest BCUT2D eigenvalue weighted by Crippen LogP contribution is -2.25. The average Bonchev–Trinajstić information content (AvgIpc) is 3.09. The molecule has 0 aliphatic heterocycles. The van der Waals surface area contributed by atoms with E-state index in [0.717, 1.165) is 10.9 Å². The zero-order valence-corrected chi connectivity index (χ0v) is 14.9. The van der Waals surface area contributed by atoms with Gasteiger partial charge in [0.05, 0.1) is 7.11 Å². The van der Waals surface area contributed by atoms with Crippen molar-refractivity contribution in [1.29, 1.82) is 0 Å². The van der Waals surface area contributed by atoms with Crippen LogP contribution in [-0.2, 0) is 4.79 Å². The van der Waals surface area contributed by atoms with Crippen LogP contribution in [0.25, 0.3) is 11.0 Å². The number of para-hydroxylation sites is 1. The lowest BCUT2D eigenvalue weighted by molar-refractivity contribution is -0.123. The number of benzene rings is 2. The predicted molar refractivity (Wildman–Crippen MR) is 99.8 cm³/mol. The van der Waals surface area contributed by atoms with Crippen LogP contribution in [0, 0.1) is 6.92 Å². The minimum absolute atomic E-state index is 0.117. The van der Waals surface area contributed by atoms with Crippen molar-refractivity contribution in [3.63, 3.8) is 0 Å². The molecule has 0 bridgehead atoms. The first-order valence-corrected chi connectivity index (χ1v) is 8.16. The van der Waals surface area contributed by atoms with Gasteiger partial charge in [0.1, 0.15) is 11.5 Å². The molecule has 6 nitrogen and oxygen atoms in total. The van der Waals surface area contributed by atoms with Crippen LogP contribution in [0.15, 0.2) is 58.0 Å². The summed E-state index contributed by atoms with van der Waals surface area (Å²) in [7, 11) is 1.59. The summed E-state index contributed by atoms with van der Waals surface area (Å²) in [6.07, 6.45) is 0. The van der Waals surface area contributed by atoms with Gasteiger partial charge in [-0.05, 0) is 43.7 Å². The van der Waals surface area contributed by atoms with Crippen LogP contribution in [0.5, 0.6) is 11.5 Å². The Balaban J connectivity index is 1.63. The standard InChI is InChI=1S/C20H20N2O4/c1-13-6-4-8-16(10-13)25-12-19(23)22-21-14(2)18-11-15-7-5-9-17(24-3)20(15)26-18/h4-11H,12H2,1-3H3,(H,22,23)/b21-14-. The molecular formula is C20H20N2O4. The fourth-order valence-electron chi connectivity index (χ4n) is 2.46. The van der Waals surface area contributed by atoms with E-state index >= 15 is 0 Å². The Kier molecular flexibility index (Phi) is 5.22. The van der Waals surface area contributed by atoms with Crippen molar-refractivity contribution in [3.05, 3.63) is 59.9 Å². The highest BCUT2D eigenvalue weighted by molar-refractivity contribution is 6.01. The van der Waals surface area contributed by atoms with E-state index in [9.17, 15) is 4.79 Å². The molecule has 1 heterocycles. The Morgan fingerprint density at radius 1 is 1.19 bits per heavy atom. The summed E-state index contributed by atoms with van der Waals surface area (Å²) in [4.78, 5) is 11.9. The quantitative estimate of drug-likeness (QED) is 0.543. The fourth-order valence-corrected chi connectivity index (χ4v) is 2.46. The van der Waals surface area contributed by atoms with Crippen LogP contribution >= 0.6 is 0 Å². The van der Waals surface area contributed by atoms with Gasteiger partial charge < -0.3 is 13.9 Å². The highest BCUT2D eigenvalue weighted by Gasteiger charge is 2.11. The Morgan fingerprint density at radius 2 is 2.00 bits per heavy atom. The molecule has 0 unspecified atom stereocenters. The van der Waals surface area contributed by atoms with Gasteiger partial charge in [-0.2, -0.15) is 5.10 Å². The van der Waals surface area contributed by atoms with Gasteiger partial charge in [-0.25, -0.2) is 5.43 Å². The van der Waals surface area contributed by atoms with E-state index in [1.54, 1.807) is 20.1 Å². The molecule has 0 aliphatic rings. The Bertz CT molecular complexity index is 959. The minimum atomic E-state index is -0.348. The zero-order valence-electron chi connectivity index (χ0n) is 14.9. The van der Waals surface area contributed by atoms with Crippen LogP contribution < -0.4 is 14.9 Å². The number of fused-ring (bicyclic) bond motifs is 1. The van der Waals surface area contributed by atoms with Crippen LogP contribution in [0.1, 0.15) is 18.2 Å². The Morgan fingerprint density at radius 3 is 2.77 bits per heavy atom. The second-order valence-corrected chi connectivity index (χ2v) is 5.83. The number of carbonyl (C=O) groups is 1. The molecule has 2 aromatic carbocycles. The lowest BCUT2D eigenvalue weighted by Gasteiger charge is -2.06. The second-order valence-electron chi connectivity index (χ2n) is 5.83. The number of ether oxygens (including phenoxy) is 2. The number of rotatable bonds is 6. The number of nitrogens with zero attached hydrogens (tertiary/aromatic N) is 1. The zero-order chi connectivity index (χ0) is 18.5. The van der Waals surface area contributed by atoms with Gasteiger partial charge in [-0.15, -0.1) is 0 Å². The number of carbonyl (C=O) groups excluding carboxylic acids is 1. The van der Waals surface area contributed by atoms with Crippen molar-refractivity contribution >= 4 is 22.6 Å². The summed E-state index contributed by atoms with van der Waals surface area (Å²) in [6.45, 7) is 3.60. The molecule has 0 saturated carbocycles. The maximum Gasteiger partial charge on any atom is 0.277 e. The van der Waals surface area contributed by atoms with Crippen molar-refractivity contribution in [3.8, 4) is 11.5 Å². The number of hydrogen-bond donors (Lipinski definition) is 1. The first kappa shape index (κ1) is 17.5. The van der Waals surface area contributed by atoms with Gasteiger partial charge in [0.2, 0.25) is 0 Å². The molecule has 0 saturated heterocycles. The first-order valence-electron chi connectivity index (χ1n) is 8.16. The molecule has 1 N–H and O–H groups in total. The number of amides is 1. The highest BCUT2D eigenvalue weighted by Crippen LogP contribution is 2.28. The molecule has 0 spiro atoms. The van der Waals surface area contributed by atoms with Gasteiger partial charge >= 0.3 is 0 Å². The summed E-state index contributed by atoms with van der Waals surface area (Å²) in [5.41, 5.74) is 4.73.